The molecule has 0 saturated heterocycles. The lowest BCUT2D eigenvalue weighted by Gasteiger charge is -2.31. The van der Waals surface area contributed by atoms with E-state index in [1.807, 2.05) is 81.4 Å². The zero-order valence-corrected chi connectivity index (χ0v) is 17.8. The van der Waals surface area contributed by atoms with Crippen LogP contribution in [0.2, 0.25) is 0 Å². The Morgan fingerprint density at radius 2 is 1.50 bits per heavy atom. The quantitative estimate of drug-likeness (QED) is 0.350. The van der Waals surface area contributed by atoms with Gasteiger partial charge < -0.3 is 14.8 Å². The number of nitrogens with zero attached hydrogens (tertiary/aromatic N) is 1. The van der Waals surface area contributed by atoms with Crippen molar-refractivity contribution in [2.24, 2.45) is 0 Å². The van der Waals surface area contributed by atoms with Gasteiger partial charge in [-0.3, -0.25) is 10.1 Å². The van der Waals surface area contributed by atoms with Crippen LogP contribution in [-0.2, 0) is 15.1 Å². The van der Waals surface area contributed by atoms with Crippen molar-refractivity contribution in [2.75, 3.05) is 19.7 Å². The van der Waals surface area contributed by atoms with Crippen molar-refractivity contribution in [1.82, 2.24) is 5.32 Å². The Morgan fingerprint density at radius 1 is 0.967 bits per heavy atom. The fourth-order valence-electron chi connectivity index (χ4n) is 3.14. The van der Waals surface area contributed by atoms with Crippen molar-refractivity contribution in [1.29, 1.82) is 0 Å². The van der Waals surface area contributed by atoms with E-state index >= 15 is 0 Å². The van der Waals surface area contributed by atoms with Gasteiger partial charge in [-0.2, -0.15) is 0 Å². The highest BCUT2D eigenvalue weighted by Crippen LogP contribution is 2.34. The van der Waals surface area contributed by atoms with E-state index in [1.165, 1.54) is 0 Å². The third-order valence-electron chi connectivity index (χ3n) is 4.42. The van der Waals surface area contributed by atoms with Crippen molar-refractivity contribution < 1.29 is 19.2 Å². The van der Waals surface area contributed by atoms with E-state index in [4.69, 9.17) is 9.47 Å². The molecule has 0 spiro atoms. The second-order valence-corrected chi connectivity index (χ2v) is 8.03. The molecule has 2 aromatic rings. The van der Waals surface area contributed by atoms with Gasteiger partial charge in [0, 0.05) is 18.1 Å². The molecule has 0 aliphatic rings. The smallest absolute Gasteiger partial charge is 0.407 e. The number of hydrogen-bond acceptors (Lipinski definition) is 5. The summed E-state index contributed by atoms with van der Waals surface area (Å²) in [5.41, 5.74) is -0.245. The Hall–Kier alpha value is -2.93. The average molecular weight is 415 g/mol. The maximum absolute atomic E-state index is 11.7. The summed E-state index contributed by atoms with van der Waals surface area (Å²) in [4.78, 5) is 22.9. The number of rotatable bonds is 10. The lowest BCUT2D eigenvalue weighted by molar-refractivity contribution is -0.501. The Balaban J connectivity index is 2.04. The topological polar surface area (TPSA) is 90.7 Å². The SMILES string of the molecule is CC(C)(C)OC(=O)NCCCCOC(C[N+](=O)[O-])(c1ccccc1)c1ccccc1. The molecule has 162 valence electrons. The predicted molar refractivity (Wildman–Crippen MR) is 115 cm³/mol. The highest BCUT2D eigenvalue weighted by Gasteiger charge is 2.40. The van der Waals surface area contributed by atoms with Crippen molar-refractivity contribution in [3.8, 4) is 0 Å². The molecule has 2 aromatic carbocycles. The third kappa shape index (κ3) is 7.15. The van der Waals surface area contributed by atoms with E-state index in [-0.39, 0.29) is 11.5 Å². The van der Waals surface area contributed by atoms with Gasteiger partial charge in [-0.05, 0) is 44.7 Å². The zero-order valence-electron chi connectivity index (χ0n) is 17.8. The fraction of sp³-hybridized carbons (Fsp3) is 0.435. The molecule has 0 aromatic heterocycles. The van der Waals surface area contributed by atoms with Crippen molar-refractivity contribution >= 4 is 6.09 Å². The molecule has 0 heterocycles. The van der Waals surface area contributed by atoms with Gasteiger partial charge >= 0.3 is 6.09 Å². The maximum Gasteiger partial charge on any atom is 0.407 e. The average Bonchev–Trinajstić information content (AvgIpc) is 2.69. The first-order valence-corrected chi connectivity index (χ1v) is 10.1. The number of hydrogen-bond donors (Lipinski definition) is 1. The summed E-state index contributed by atoms with van der Waals surface area (Å²) in [6.45, 7) is 5.80. The van der Waals surface area contributed by atoms with E-state index < -0.39 is 17.3 Å². The molecule has 0 unspecified atom stereocenters. The minimum atomic E-state index is -1.18. The predicted octanol–water partition coefficient (Wildman–Crippen LogP) is 4.53. The van der Waals surface area contributed by atoms with Crippen LogP contribution in [0.4, 0.5) is 4.79 Å². The van der Waals surface area contributed by atoms with Gasteiger partial charge in [0.1, 0.15) is 5.60 Å². The Bertz CT molecular complexity index is 764. The van der Waals surface area contributed by atoms with E-state index in [1.54, 1.807) is 0 Å². The van der Waals surface area contributed by atoms with Crippen molar-refractivity contribution in [3.05, 3.63) is 81.9 Å². The fourth-order valence-corrected chi connectivity index (χ4v) is 3.14. The molecule has 7 nitrogen and oxygen atoms in total. The monoisotopic (exact) mass is 414 g/mol. The van der Waals surface area contributed by atoms with Gasteiger partial charge in [0.2, 0.25) is 6.54 Å². The van der Waals surface area contributed by atoms with Gasteiger partial charge in [0.25, 0.3) is 0 Å². The highest BCUT2D eigenvalue weighted by atomic mass is 16.6. The van der Waals surface area contributed by atoms with Crippen LogP contribution < -0.4 is 5.32 Å². The maximum atomic E-state index is 11.7. The van der Waals surface area contributed by atoms with E-state index in [0.29, 0.717) is 26.0 Å². The van der Waals surface area contributed by atoms with Crippen molar-refractivity contribution in [3.63, 3.8) is 0 Å². The molecule has 1 amide bonds. The molecule has 0 aliphatic carbocycles. The van der Waals surface area contributed by atoms with Gasteiger partial charge in [-0.25, -0.2) is 4.79 Å². The summed E-state index contributed by atoms with van der Waals surface area (Å²) in [6.07, 6.45) is 0.839. The first-order chi connectivity index (χ1) is 14.2. The van der Waals surface area contributed by atoms with Crippen LogP contribution in [0.25, 0.3) is 0 Å². The summed E-state index contributed by atoms with van der Waals surface area (Å²) in [6, 6.07) is 18.5. The molecular weight excluding hydrogens is 384 g/mol. The normalized spacial score (nSPS) is 11.7. The number of carbonyl (C=O) groups is 1. The number of amides is 1. The molecule has 0 atom stereocenters. The van der Waals surface area contributed by atoms with Crippen LogP contribution in [0, 0.1) is 10.1 Å². The first-order valence-electron chi connectivity index (χ1n) is 10.1. The minimum Gasteiger partial charge on any atom is -0.444 e. The number of ether oxygens (including phenoxy) is 2. The van der Waals surface area contributed by atoms with Gasteiger partial charge in [0.15, 0.2) is 5.60 Å². The van der Waals surface area contributed by atoms with Gasteiger partial charge in [-0.1, -0.05) is 60.7 Å². The molecule has 0 aliphatic heterocycles. The minimum absolute atomic E-state index is 0.313. The van der Waals surface area contributed by atoms with Gasteiger partial charge in [-0.15, -0.1) is 0 Å². The van der Waals surface area contributed by atoms with Crippen LogP contribution in [0.15, 0.2) is 60.7 Å². The number of unbranched alkanes of at least 4 members (excludes halogenated alkanes) is 1. The highest BCUT2D eigenvalue weighted by molar-refractivity contribution is 5.67. The molecule has 30 heavy (non-hydrogen) atoms. The van der Waals surface area contributed by atoms with Crippen LogP contribution >= 0.6 is 0 Å². The Morgan fingerprint density at radius 3 is 1.97 bits per heavy atom. The Kier molecular flexibility index (Phi) is 8.35. The molecule has 0 saturated carbocycles. The molecular formula is C23H30N2O5. The molecule has 2 rings (SSSR count). The summed E-state index contributed by atoms with van der Waals surface area (Å²) >= 11 is 0. The number of alkyl carbamates (subject to hydrolysis) is 1. The summed E-state index contributed by atoms with van der Waals surface area (Å²) in [5, 5.41) is 14.3. The summed E-state index contributed by atoms with van der Waals surface area (Å²) < 4.78 is 11.4. The second-order valence-electron chi connectivity index (χ2n) is 8.03. The standard InChI is InChI=1S/C23H30N2O5/c1-22(2,3)30-21(26)24-16-10-11-17-29-23(18-25(27)28,19-12-6-4-7-13-19)20-14-8-5-9-15-20/h4-9,12-15H,10-11,16-18H2,1-3H3,(H,24,26). The molecule has 0 fully saturated rings. The lowest BCUT2D eigenvalue weighted by Crippen LogP contribution is -2.39. The van der Waals surface area contributed by atoms with Crippen LogP contribution in [0.3, 0.4) is 0 Å². The molecule has 0 bridgehead atoms. The second kappa shape index (κ2) is 10.7. The van der Waals surface area contributed by atoms with Crippen LogP contribution in [0.5, 0.6) is 0 Å². The Labute approximate surface area is 177 Å². The summed E-state index contributed by atoms with van der Waals surface area (Å²) in [5.74, 6) is 0. The van der Waals surface area contributed by atoms with E-state index in [9.17, 15) is 14.9 Å². The number of nitrogens with one attached hydrogen (secondary N) is 1. The van der Waals surface area contributed by atoms with E-state index in [0.717, 1.165) is 11.1 Å². The number of benzene rings is 2. The van der Waals surface area contributed by atoms with Crippen LogP contribution in [0.1, 0.15) is 44.7 Å². The number of carbonyl (C=O) groups excluding carboxylic acids is 1. The molecule has 7 heteroatoms. The zero-order chi connectivity index (χ0) is 22.0. The molecule has 0 radical (unpaired) electrons. The molecule has 1 N–H and O–H groups in total. The lowest BCUT2D eigenvalue weighted by atomic mass is 9.86. The largest absolute Gasteiger partial charge is 0.444 e. The first kappa shape index (κ1) is 23.3. The number of nitro groups is 1. The van der Waals surface area contributed by atoms with Crippen LogP contribution in [-0.4, -0.2) is 36.3 Å². The summed E-state index contributed by atoms with van der Waals surface area (Å²) in [7, 11) is 0. The van der Waals surface area contributed by atoms with E-state index in [2.05, 4.69) is 5.32 Å². The third-order valence-corrected chi connectivity index (χ3v) is 4.42. The van der Waals surface area contributed by atoms with Crippen molar-refractivity contribution in [2.45, 2.75) is 44.8 Å². The van der Waals surface area contributed by atoms with Gasteiger partial charge in [0.05, 0.1) is 0 Å².